The zero-order chi connectivity index (χ0) is 20.6. The van der Waals surface area contributed by atoms with E-state index in [4.69, 9.17) is 0 Å². The summed E-state index contributed by atoms with van der Waals surface area (Å²) in [5.74, 6) is 0. The van der Waals surface area contributed by atoms with E-state index in [1.54, 1.807) is 0 Å². The van der Waals surface area contributed by atoms with Gasteiger partial charge in [-0.2, -0.15) is 0 Å². The molecule has 1 radical (unpaired) electrons. The Hall–Kier alpha value is -3.38. The Labute approximate surface area is 186 Å². The normalized spacial score (nSPS) is 11.5. The van der Waals surface area contributed by atoms with E-state index < -0.39 is 13.9 Å². The molecule has 0 aliphatic heterocycles. The van der Waals surface area contributed by atoms with E-state index in [-0.39, 0.29) is 0 Å². The van der Waals surface area contributed by atoms with Crippen LogP contribution in [-0.2, 0) is 0 Å². The van der Waals surface area contributed by atoms with Gasteiger partial charge in [0.1, 0.15) is 0 Å². The zero-order valence-electron chi connectivity index (χ0n) is 17.0. The van der Waals surface area contributed by atoms with E-state index in [0.29, 0.717) is 0 Å². The molecular formula is C30H21Se. The van der Waals surface area contributed by atoms with Crippen LogP contribution in [0.4, 0.5) is 0 Å². The van der Waals surface area contributed by atoms with Crippen LogP contribution in [0.3, 0.4) is 0 Å². The summed E-state index contributed by atoms with van der Waals surface area (Å²) in [5.41, 5.74) is 0. The number of rotatable bonds is 3. The van der Waals surface area contributed by atoms with Gasteiger partial charge in [-0.05, 0) is 0 Å². The van der Waals surface area contributed by atoms with Gasteiger partial charge in [0.05, 0.1) is 0 Å². The molecule has 0 heterocycles. The molecule has 31 heavy (non-hydrogen) atoms. The van der Waals surface area contributed by atoms with Crippen LogP contribution in [0.25, 0.3) is 32.3 Å². The number of hydrogen-bond donors (Lipinski definition) is 0. The van der Waals surface area contributed by atoms with E-state index in [2.05, 4.69) is 127 Å². The first kappa shape index (κ1) is 18.4. The number of benzene rings is 6. The van der Waals surface area contributed by atoms with Gasteiger partial charge in [-0.3, -0.25) is 0 Å². The van der Waals surface area contributed by atoms with Crippen molar-refractivity contribution in [2.75, 3.05) is 0 Å². The molecule has 0 spiro atoms. The van der Waals surface area contributed by atoms with Crippen LogP contribution < -0.4 is 13.4 Å². The molecular weight excluding hydrogens is 439 g/mol. The molecule has 0 amide bonds. The maximum atomic E-state index is 2.36. The van der Waals surface area contributed by atoms with E-state index in [1.165, 1.54) is 45.7 Å². The first-order valence-electron chi connectivity index (χ1n) is 10.6. The SMILES string of the molecule is c1ccc2c([Se](c3cccc4ccccc34)c3cccc4ccccc34)cccc2c1. The van der Waals surface area contributed by atoms with E-state index >= 15 is 0 Å². The van der Waals surface area contributed by atoms with E-state index in [0.717, 1.165) is 0 Å². The Balaban J connectivity index is 1.75. The molecule has 0 unspecified atom stereocenters. The van der Waals surface area contributed by atoms with Crippen molar-refractivity contribution in [2.45, 2.75) is 0 Å². The van der Waals surface area contributed by atoms with Crippen LogP contribution in [0.2, 0.25) is 0 Å². The summed E-state index contributed by atoms with van der Waals surface area (Å²) in [7, 11) is 0. The van der Waals surface area contributed by atoms with Gasteiger partial charge >= 0.3 is 187 Å². The fraction of sp³-hybridized carbons (Fsp3) is 0. The molecule has 0 aliphatic carbocycles. The topological polar surface area (TPSA) is 0 Å². The second-order valence-corrected chi connectivity index (χ2v) is 11.8. The molecule has 0 bridgehead atoms. The van der Waals surface area contributed by atoms with Crippen molar-refractivity contribution < 1.29 is 0 Å². The van der Waals surface area contributed by atoms with Crippen LogP contribution in [0.1, 0.15) is 0 Å². The van der Waals surface area contributed by atoms with Crippen molar-refractivity contribution in [2.24, 2.45) is 0 Å². The molecule has 0 N–H and O–H groups in total. The molecule has 0 atom stereocenters. The predicted octanol–water partition coefficient (Wildman–Crippen LogP) is 5.66. The van der Waals surface area contributed by atoms with Crippen LogP contribution in [0.5, 0.6) is 0 Å². The van der Waals surface area contributed by atoms with Crippen LogP contribution in [-0.4, -0.2) is 13.9 Å². The van der Waals surface area contributed by atoms with Crippen molar-refractivity contribution in [3.05, 3.63) is 127 Å². The van der Waals surface area contributed by atoms with Gasteiger partial charge in [-0.25, -0.2) is 0 Å². The first-order chi connectivity index (χ1) is 15.4. The minimum atomic E-state index is -1.57. The van der Waals surface area contributed by atoms with Gasteiger partial charge in [-0.15, -0.1) is 0 Å². The Morgan fingerprint density at radius 2 is 0.581 bits per heavy atom. The molecule has 6 rings (SSSR count). The third-order valence-corrected chi connectivity index (χ3v) is 10.9. The quantitative estimate of drug-likeness (QED) is 0.299. The van der Waals surface area contributed by atoms with Gasteiger partial charge in [0, 0.05) is 0 Å². The summed E-state index contributed by atoms with van der Waals surface area (Å²) >= 11 is -1.57. The predicted molar refractivity (Wildman–Crippen MR) is 136 cm³/mol. The Morgan fingerprint density at radius 3 is 0.935 bits per heavy atom. The van der Waals surface area contributed by atoms with Crippen molar-refractivity contribution in [3.63, 3.8) is 0 Å². The fourth-order valence-corrected chi connectivity index (χ4v) is 9.87. The zero-order valence-corrected chi connectivity index (χ0v) is 18.7. The van der Waals surface area contributed by atoms with Crippen molar-refractivity contribution in [1.82, 2.24) is 0 Å². The number of fused-ring (bicyclic) bond motifs is 3. The van der Waals surface area contributed by atoms with Gasteiger partial charge in [0.2, 0.25) is 0 Å². The fourth-order valence-electron chi connectivity index (χ4n) is 4.48. The number of hydrogen-bond acceptors (Lipinski definition) is 0. The monoisotopic (exact) mass is 461 g/mol. The average molecular weight is 460 g/mol. The van der Waals surface area contributed by atoms with Crippen LogP contribution >= 0.6 is 0 Å². The first-order valence-corrected chi connectivity index (χ1v) is 13.1. The third-order valence-electron chi connectivity index (χ3n) is 5.91. The molecule has 0 saturated heterocycles. The van der Waals surface area contributed by atoms with Crippen molar-refractivity contribution in [1.29, 1.82) is 0 Å². The molecule has 0 nitrogen and oxygen atoms in total. The summed E-state index contributed by atoms with van der Waals surface area (Å²) < 4.78 is 4.43. The van der Waals surface area contributed by atoms with Crippen LogP contribution in [0, 0.1) is 0 Å². The maximum absolute atomic E-state index is 2.36. The van der Waals surface area contributed by atoms with E-state index in [1.807, 2.05) is 0 Å². The summed E-state index contributed by atoms with van der Waals surface area (Å²) in [6, 6.07) is 46.9. The minimum absolute atomic E-state index is 1.31. The summed E-state index contributed by atoms with van der Waals surface area (Å²) in [6.07, 6.45) is 0. The van der Waals surface area contributed by atoms with Gasteiger partial charge in [0.25, 0.3) is 0 Å². The molecule has 6 aromatic rings. The van der Waals surface area contributed by atoms with E-state index in [9.17, 15) is 0 Å². The Morgan fingerprint density at radius 1 is 0.290 bits per heavy atom. The molecule has 0 saturated carbocycles. The second kappa shape index (κ2) is 7.70. The molecule has 147 valence electrons. The summed E-state index contributed by atoms with van der Waals surface area (Å²) in [6.45, 7) is 0. The van der Waals surface area contributed by atoms with Gasteiger partial charge in [0.15, 0.2) is 0 Å². The molecule has 0 fully saturated rings. The molecule has 6 aromatic carbocycles. The van der Waals surface area contributed by atoms with Crippen LogP contribution in [0.15, 0.2) is 127 Å². The third kappa shape index (κ3) is 3.15. The molecule has 1 heteroatoms. The van der Waals surface area contributed by atoms with Gasteiger partial charge < -0.3 is 0 Å². The Bertz CT molecular complexity index is 1340. The Kier molecular flexibility index (Phi) is 4.57. The van der Waals surface area contributed by atoms with Gasteiger partial charge in [-0.1, -0.05) is 0 Å². The second-order valence-electron chi connectivity index (χ2n) is 7.74. The van der Waals surface area contributed by atoms with Crippen molar-refractivity contribution in [3.8, 4) is 0 Å². The van der Waals surface area contributed by atoms with Crippen molar-refractivity contribution >= 4 is 59.6 Å². The summed E-state index contributed by atoms with van der Waals surface area (Å²) in [5, 5.41) is 8.06. The average Bonchev–Trinajstić information content (AvgIpc) is 2.85. The summed E-state index contributed by atoms with van der Waals surface area (Å²) in [4.78, 5) is 0. The standard InChI is InChI=1S/C30H21Se/c1-4-16-25-22(10-1)13-7-19-28(25)31(29-20-8-14-23-11-2-5-17-26(23)29)30-21-9-15-24-12-3-6-18-27(24)30/h1-21H. The molecule has 0 aromatic heterocycles. The molecule has 0 aliphatic rings.